The first-order valence-electron chi connectivity index (χ1n) is 13.6. The van der Waals surface area contributed by atoms with E-state index in [2.05, 4.69) is 97.3 Å². The Bertz CT molecular complexity index is 1530. The third-order valence-corrected chi connectivity index (χ3v) is 7.95. The molecule has 0 aliphatic carbocycles. The van der Waals surface area contributed by atoms with E-state index in [9.17, 15) is 0 Å². The molecule has 0 atom stereocenters. The molecule has 5 aromatic rings. The van der Waals surface area contributed by atoms with E-state index in [1.165, 1.54) is 11.1 Å². The van der Waals surface area contributed by atoms with E-state index in [1.807, 2.05) is 35.0 Å². The highest BCUT2D eigenvalue weighted by molar-refractivity contribution is 6.33. The molecule has 0 radical (unpaired) electrons. The summed E-state index contributed by atoms with van der Waals surface area (Å²) in [6.07, 6.45) is 1.90. The first-order chi connectivity index (χ1) is 18.9. The van der Waals surface area contributed by atoms with Gasteiger partial charge in [0, 0.05) is 53.8 Å². The van der Waals surface area contributed by atoms with Gasteiger partial charge in [0.25, 0.3) is 0 Å². The van der Waals surface area contributed by atoms with Crippen molar-refractivity contribution in [3.8, 4) is 11.1 Å². The summed E-state index contributed by atoms with van der Waals surface area (Å²) in [7, 11) is 0. The maximum Gasteiger partial charge on any atom is 0.165 e. The van der Waals surface area contributed by atoms with Gasteiger partial charge in [-0.3, -0.25) is 4.90 Å². The van der Waals surface area contributed by atoms with Crippen LogP contribution in [-0.4, -0.2) is 45.7 Å². The molecule has 1 aliphatic heterocycles. The van der Waals surface area contributed by atoms with E-state index in [-0.39, 0.29) is 11.5 Å². The van der Waals surface area contributed by atoms with Crippen molar-refractivity contribution in [3.63, 3.8) is 0 Å². The lowest BCUT2D eigenvalue weighted by Crippen LogP contribution is -2.48. The van der Waals surface area contributed by atoms with Crippen molar-refractivity contribution in [2.24, 2.45) is 0 Å². The number of hydrogen-bond acceptors (Lipinski definition) is 4. The number of anilines is 1. The highest BCUT2D eigenvalue weighted by Gasteiger charge is 2.29. The average molecular weight is 536 g/mol. The Balaban J connectivity index is 1.35. The van der Waals surface area contributed by atoms with E-state index in [0.29, 0.717) is 5.02 Å². The van der Waals surface area contributed by atoms with Gasteiger partial charge in [-0.2, -0.15) is 9.61 Å². The minimum Gasteiger partial charge on any atom is -0.354 e. The molecule has 6 rings (SSSR count). The summed E-state index contributed by atoms with van der Waals surface area (Å²) in [5.41, 5.74) is 6.36. The maximum atomic E-state index is 6.60. The summed E-state index contributed by atoms with van der Waals surface area (Å²) < 4.78 is 2.00. The van der Waals surface area contributed by atoms with Crippen LogP contribution in [0.1, 0.15) is 43.6 Å². The lowest BCUT2D eigenvalue weighted by Gasteiger charge is -2.40. The van der Waals surface area contributed by atoms with Gasteiger partial charge in [0.1, 0.15) is 5.82 Å². The summed E-state index contributed by atoms with van der Waals surface area (Å²) in [5, 5.41) is 5.53. The van der Waals surface area contributed by atoms with Crippen molar-refractivity contribution in [3.05, 3.63) is 119 Å². The summed E-state index contributed by atoms with van der Waals surface area (Å²) in [6.45, 7) is 10.3. The Morgan fingerprint density at radius 2 is 1.33 bits per heavy atom. The Kier molecular flexibility index (Phi) is 6.88. The summed E-state index contributed by atoms with van der Waals surface area (Å²) >= 11 is 6.60. The zero-order valence-electron chi connectivity index (χ0n) is 22.8. The summed E-state index contributed by atoms with van der Waals surface area (Å²) in [6, 6.07) is 32.1. The molecule has 39 heavy (non-hydrogen) atoms. The van der Waals surface area contributed by atoms with Crippen molar-refractivity contribution in [2.45, 2.75) is 32.2 Å². The van der Waals surface area contributed by atoms with Gasteiger partial charge in [-0.15, -0.1) is 0 Å². The fraction of sp³-hybridized carbons (Fsp3) is 0.273. The lowest BCUT2D eigenvalue weighted by molar-refractivity contribution is 0.211. The van der Waals surface area contributed by atoms with Crippen LogP contribution in [0.15, 0.2) is 97.2 Å². The topological polar surface area (TPSA) is 36.7 Å². The number of piperazine rings is 1. The van der Waals surface area contributed by atoms with Crippen LogP contribution in [0.5, 0.6) is 0 Å². The molecule has 3 aromatic carbocycles. The van der Waals surface area contributed by atoms with Crippen LogP contribution in [-0.2, 0) is 5.41 Å². The molecule has 0 N–H and O–H groups in total. The number of hydrogen-bond donors (Lipinski definition) is 0. The minimum atomic E-state index is -0.105. The number of aromatic nitrogens is 3. The molecule has 0 saturated carbocycles. The monoisotopic (exact) mass is 535 g/mol. The van der Waals surface area contributed by atoms with E-state index < -0.39 is 0 Å². The van der Waals surface area contributed by atoms with Crippen molar-refractivity contribution in [2.75, 3.05) is 31.1 Å². The normalized spacial score (nSPS) is 14.8. The molecule has 1 aliphatic rings. The number of fused-ring (bicyclic) bond motifs is 1. The Labute approximate surface area is 235 Å². The Morgan fingerprint density at radius 1 is 0.744 bits per heavy atom. The zero-order valence-corrected chi connectivity index (χ0v) is 23.5. The molecule has 2 aromatic heterocycles. The second kappa shape index (κ2) is 10.5. The number of benzene rings is 3. The molecule has 5 nitrogen and oxygen atoms in total. The van der Waals surface area contributed by atoms with Crippen molar-refractivity contribution in [1.29, 1.82) is 0 Å². The largest absolute Gasteiger partial charge is 0.354 e. The van der Waals surface area contributed by atoms with Gasteiger partial charge in [-0.1, -0.05) is 111 Å². The third-order valence-electron chi connectivity index (χ3n) is 7.62. The average Bonchev–Trinajstić information content (AvgIpc) is 3.38. The number of nitrogens with zero attached hydrogens (tertiary/aromatic N) is 5. The molecule has 0 bridgehead atoms. The van der Waals surface area contributed by atoms with Crippen molar-refractivity contribution in [1.82, 2.24) is 19.5 Å². The van der Waals surface area contributed by atoms with E-state index >= 15 is 0 Å². The van der Waals surface area contributed by atoms with E-state index in [0.717, 1.165) is 54.5 Å². The van der Waals surface area contributed by atoms with Gasteiger partial charge in [0.05, 0.1) is 17.9 Å². The van der Waals surface area contributed by atoms with Crippen LogP contribution < -0.4 is 4.90 Å². The van der Waals surface area contributed by atoms with Gasteiger partial charge >= 0.3 is 0 Å². The van der Waals surface area contributed by atoms with Crippen molar-refractivity contribution < 1.29 is 0 Å². The lowest BCUT2D eigenvalue weighted by atomic mass is 9.91. The fourth-order valence-electron chi connectivity index (χ4n) is 5.52. The third kappa shape index (κ3) is 5.05. The van der Waals surface area contributed by atoms with Gasteiger partial charge in [0.2, 0.25) is 0 Å². The van der Waals surface area contributed by atoms with Crippen LogP contribution in [0.2, 0.25) is 5.02 Å². The summed E-state index contributed by atoms with van der Waals surface area (Å²) in [5.74, 6) is 1.08. The SMILES string of the molecule is CC(C)(C)c1cc(N2CCN(C(c3ccccc3)c3ccccc3)CC2)n2ncc(-c3ccccc3Cl)c2n1. The highest BCUT2D eigenvalue weighted by atomic mass is 35.5. The van der Waals surface area contributed by atoms with Crippen LogP contribution in [0, 0.1) is 0 Å². The molecular weight excluding hydrogens is 502 g/mol. The second-order valence-electron chi connectivity index (χ2n) is 11.3. The molecule has 198 valence electrons. The maximum absolute atomic E-state index is 6.60. The minimum absolute atomic E-state index is 0.105. The van der Waals surface area contributed by atoms with Crippen LogP contribution in [0.25, 0.3) is 16.8 Å². The predicted octanol–water partition coefficient (Wildman–Crippen LogP) is 7.26. The fourth-order valence-corrected chi connectivity index (χ4v) is 5.76. The van der Waals surface area contributed by atoms with Crippen LogP contribution >= 0.6 is 11.6 Å². The quantitative estimate of drug-likeness (QED) is 0.237. The molecule has 1 saturated heterocycles. The van der Waals surface area contributed by atoms with Crippen LogP contribution in [0.3, 0.4) is 0 Å². The number of halogens is 1. The van der Waals surface area contributed by atoms with Gasteiger partial charge in [-0.25, -0.2) is 4.98 Å². The first kappa shape index (κ1) is 25.6. The molecular formula is C33H34ClN5. The Hall–Kier alpha value is -3.67. The number of rotatable bonds is 5. The Morgan fingerprint density at radius 3 is 1.92 bits per heavy atom. The van der Waals surface area contributed by atoms with Crippen LogP contribution in [0.4, 0.5) is 5.82 Å². The highest BCUT2D eigenvalue weighted by Crippen LogP contribution is 2.35. The molecule has 0 spiro atoms. The predicted molar refractivity (Wildman–Crippen MR) is 161 cm³/mol. The summed E-state index contributed by atoms with van der Waals surface area (Å²) in [4.78, 5) is 10.2. The smallest absolute Gasteiger partial charge is 0.165 e. The van der Waals surface area contributed by atoms with Gasteiger partial charge < -0.3 is 4.90 Å². The first-order valence-corrected chi connectivity index (χ1v) is 14.0. The zero-order chi connectivity index (χ0) is 27.0. The molecule has 3 heterocycles. The molecule has 6 heteroatoms. The van der Waals surface area contributed by atoms with Crippen molar-refractivity contribution >= 4 is 23.1 Å². The second-order valence-corrected chi connectivity index (χ2v) is 11.7. The molecule has 0 amide bonds. The molecule has 1 fully saturated rings. The van der Waals surface area contributed by atoms with Gasteiger partial charge in [0.15, 0.2) is 5.65 Å². The molecule has 0 unspecified atom stereocenters. The van der Waals surface area contributed by atoms with E-state index in [1.54, 1.807) is 0 Å². The van der Waals surface area contributed by atoms with E-state index in [4.69, 9.17) is 21.7 Å². The standard InChI is InChI=1S/C33H34ClN5/c1-33(2,3)29-22-30(39-32(36-29)27(23-35-39)26-16-10-11-17-28(26)34)37-18-20-38(21-19-37)31(24-12-6-4-7-13-24)25-14-8-5-9-15-25/h4-17,22-23,31H,18-21H2,1-3H3. The van der Waals surface area contributed by atoms with Gasteiger partial charge in [-0.05, 0) is 17.2 Å².